The predicted octanol–water partition coefficient (Wildman–Crippen LogP) is 1.17. The van der Waals surface area contributed by atoms with Crippen molar-refractivity contribution in [2.75, 3.05) is 13.1 Å². The molecule has 0 bridgehead atoms. The lowest BCUT2D eigenvalue weighted by Crippen LogP contribution is -2.31. The molecule has 0 aromatic rings. The van der Waals surface area contributed by atoms with Crippen molar-refractivity contribution in [3.05, 3.63) is 0 Å². The summed E-state index contributed by atoms with van der Waals surface area (Å²) in [5, 5.41) is 9.90. The molecule has 13 heavy (non-hydrogen) atoms. The maximum Gasteiger partial charge on any atom is 0.407 e. The molecule has 5 nitrogen and oxygen atoms in total. The Balaban J connectivity index is 3.83. The summed E-state index contributed by atoms with van der Waals surface area (Å²) in [4.78, 5) is 20.8. The summed E-state index contributed by atoms with van der Waals surface area (Å²) in [6.45, 7) is -2.34. The first-order chi connectivity index (χ1) is 6.22. The van der Waals surface area contributed by atoms with Gasteiger partial charge in [0, 0.05) is 0 Å². The van der Waals surface area contributed by atoms with E-state index in [4.69, 9.17) is 41.3 Å². The van der Waals surface area contributed by atoms with Gasteiger partial charge < -0.3 is 15.2 Å². The van der Waals surface area contributed by atoms with Gasteiger partial charge in [-0.3, -0.25) is 4.79 Å². The number of hydrogen-bond donors (Lipinski definition) is 2. The first kappa shape index (κ1) is 10.7. The fourth-order valence-electron chi connectivity index (χ4n) is 0.310. The molecule has 0 aliphatic carbocycles. The molecular formula is C5H6Cl3NO4. The van der Waals surface area contributed by atoms with E-state index in [0.29, 0.717) is 0 Å². The van der Waals surface area contributed by atoms with E-state index < -0.39 is 29.0 Å². The fourth-order valence-corrected chi connectivity index (χ4v) is 0.473. The number of alkyl carbamates (subject to hydrolysis) is 1. The molecule has 0 fully saturated rings. The molecule has 0 saturated carbocycles. The van der Waals surface area contributed by atoms with Crippen LogP contribution in [0.5, 0.6) is 0 Å². The van der Waals surface area contributed by atoms with Crippen LogP contribution in [0.4, 0.5) is 4.79 Å². The van der Waals surface area contributed by atoms with Gasteiger partial charge in [-0.05, 0) is 0 Å². The van der Waals surface area contributed by atoms with Gasteiger partial charge in [-0.15, -0.1) is 0 Å². The number of carboxylic acids is 1. The van der Waals surface area contributed by atoms with Crippen molar-refractivity contribution in [3.63, 3.8) is 0 Å². The Labute approximate surface area is 90.3 Å². The van der Waals surface area contributed by atoms with Crippen molar-refractivity contribution in [1.82, 2.24) is 5.32 Å². The maximum atomic E-state index is 10.7. The Bertz CT molecular complexity index is 232. The van der Waals surface area contributed by atoms with Gasteiger partial charge in [-0.25, -0.2) is 4.79 Å². The third-order valence-electron chi connectivity index (χ3n) is 0.680. The van der Waals surface area contributed by atoms with E-state index in [1.807, 2.05) is 0 Å². The van der Waals surface area contributed by atoms with E-state index in [2.05, 4.69) is 4.74 Å². The minimum atomic E-state index is -1.81. The van der Waals surface area contributed by atoms with Gasteiger partial charge >= 0.3 is 12.1 Å². The molecule has 0 unspecified atom stereocenters. The summed E-state index contributed by atoms with van der Waals surface area (Å²) < 4.78 is 9.31. The van der Waals surface area contributed by atoms with Crippen molar-refractivity contribution < 1.29 is 20.8 Å². The lowest BCUT2D eigenvalue weighted by Gasteiger charge is -2.10. The number of halogens is 3. The smallest absolute Gasteiger partial charge is 0.407 e. The van der Waals surface area contributed by atoms with Gasteiger partial charge in [0.2, 0.25) is 3.79 Å². The molecule has 1 amide bonds. The topological polar surface area (TPSA) is 75.6 Å². The summed E-state index contributed by atoms with van der Waals surface area (Å²) in [5.41, 5.74) is 0. The summed E-state index contributed by atoms with van der Waals surface area (Å²) in [6.07, 6.45) is -1.14. The van der Waals surface area contributed by atoms with Crippen LogP contribution in [0, 0.1) is 0 Å². The number of carboxylic acid groups (broad SMARTS) is 1. The van der Waals surface area contributed by atoms with Crippen molar-refractivity contribution in [2.24, 2.45) is 0 Å². The second-order valence-electron chi connectivity index (χ2n) is 1.82. The van der Waals surface area contributed by atoms with Crippen LogP contribution in [0.2, 0.25) is 0 Å². The highest BCUT2D eigenvalue weighted by atomic mass is 35.6. The van der Waals surface area contributed by atoms with E-state index >= 15 is 0 Å². The molecule has 0 rings (SSSR count). The molecule has 1 atom stereocenters. The van der Waals surface area contributed by atoms with Gasteiger partial charge in [-0.1, -0.05) is 34.8 Å². The molecule has 0 saturated heterocycles. The lowest BCUT2D eigenvalue weighted by atomic mass is 10.7. The fraction of sp³-hybridized carbons (Fsp3) is 0.600. The average molecular weight is 252 g/mol. The molecule has 0 aliphatic rings. The summed E-state index contributed by atoms with van der Waals surface area (Å²) in [7, 11) is 0. The van der Waals surface area contributed by atoms with Crippen LogP contribution in [0.15, 0.2) is 0 Å². The van der Waals surface area contributed by atoms with Crippen molar-refractivity contribution in [1.29, 1.82) is 0 Å². The molecule has 2 N–H and O–H groups in total. The highest BCUT2D eigenvalue weighted by Crippen LogP contribution is 2.25. The molecule has 0 aromatic carbocycles. The van der Waals surface area contributed by atoms with Gasteiger partial charge in [0.1, 0.15) is 13.1 Å². The molecular weight excluding hydrogens is 245 g/mol. The third kappa shape index (κ3) is 9.52. The second-order valence-corrected chi connectivity index (χ2v) is 4.33. The standard InChI is InChI=1S/C5H6Cl3NO4/c6-5(7,8)2-13-4(12)9-1-3(10)11/h1-2H2,(H,9,12)(H,10,11)/i1D,9+1/t1-/m1/s1. The Morgan fingerprint density at radius 2 is 2.08 bits per heavy atom. The zero-order chi connectivity index (χ0) is 11.4. The van der Waals surface area contributed by atoms with Gasteiger partial charge in [0.15, 0.2) is 0 Å². The predicted molar refractivity (Wildman–Crippen MR) is 47.3 cm³/mol. The summed E-state index contributed by atoms with van der Waals surface area (Å²) in [5.74, 6) is -1.52. The lowest BCUT2D eigenvalue weighted by molar-refractivity contribution is -0.135. The van der Waals surface area contributed by atoms with Crippen LogP contribution in [-0.4, -0.2) is 34.1 Å². The molecule has 8 heteroatoms. The van der Waals surface area contributed by atoms with E-state index in [1.54, 1.807) is 5.32 Å². The quantitative estimate of drug-likeness (QED) is 0.584. The van der Waals surface area contributed by atoms with Crippen molar-refractivity contribution in [3.8, 4) is 0 Å². The van der Waals surface area contributed by atoms with Crippen molar-refractivity contribution >= 4 is 46.9 Å². The molecule has 0 aliphatic heterocycles. The van der Waals surface area contributed by atoms with E-state index in [0.717, 1.165) is 0 Å². The average Bonchev–Trinajstić information content (AvgIpc) is 1.99. The highest BCUT2D eigenvalue weighted by Gasteiger charge is 2.22. The van der Waals surface area contributed by atoms with E-state index in [1.165, 1.54) is 0 Å². The number of carbonyl (C=O) groups is 2. The Morgan fingerprint density at radius 3 is 2.46 bits per heavy atom. The molecule has 0 radical (unpaired) electrons. The monoisotopic (exact) mass is 251 g/mol. The first-order valence-corrected chi connectivity index (χ1v) is 4.01. The Morgan fingerprint density at radius 1 is 1.54 bits per heavy atom. The highest BCUT2D eigenvalue weighted by molar-refractivity contribution is 6.67. The number of nitrogens with one attached hydrogen (secondary N) is 1. The van der Waals surface area contributed by atoms with E-state index in [-0.39, 0.29) is 0 Å². The van der Waals surface area contributed by atoms with Gasteiger partial charge in [0.25, 0.3) is 0 Å². The van der Waals surface area contributed by atoms with Crippen LogP contribution in [0.3, 0.4) is 0 Å². The minimum absolute atomic E-state index is 0.532. The van der Waals surface area contributed by atoms with Crippen LogP contribution in [-0.2, 0) is 9.53 Å². The zero-order valence-electron chi connectivity index (χ0n) is 7.09. The molecule has 76 valence electrons. The van der Waals surface area contributed by atoms with Crippen LogP contribution >= 0.6 is 34.8 Å². The van der Waals surface area contributed by atoms with E-state index in [9.17, 15) is 9.59 Å². The normalized spacial score (nSPS) is 14.2. The molecule has 0 aromatic heterocycles. The largest absolute Gasteiger partial charge is 0.480 e. The maximum absolute atomic E-state index is 10.7. The number of rotatable bonds is 3. The third-order valence-corrected chi connectivity index (χ3v) is 1.01. The second kappa shape index (κ2) is 5.36. The minimum Gasteiger partial charge on any atom is -0.480 e. The van der Waals surface area contributed by atoms with Crippen LogP contribution < -0.4 is 5.32 Å². The molecule has 0 heterocycles. The van der Waals surface area contributed by atoms with Crippen LogP contribution in [0.1, 0.15) is 1.37 Å². The van der Waals surface area contributed by atoms with Crippen LogP contribution in [0.25, 0.3) is 0 Å². The first-order valence-electron chi connectivity index (χ1n) is 3.45. The van der Waals surface area contributed by atoms with Gasteiger partial charge in [0.05, 0.1) is 1.37 Å². The number of amides is 1. The number of aliphatic carboxylic acids is 1. The summed E-state index contributed by atoms with van der Waals surface area (Å²) in [6, 6.07) is 0. The number of ether oxygens (including phenoxy) is 1. The van der Waals surface area contributed by atoms with Crippen molar-refractivity contribution in [2.45, 2.75) is 3.79 Å². The molecule has 0 spiro atoms. The number of carbonyl (C=O) groups excluding carboxylic acids is 1. The Hall–Kier alpha value is -0.390. The zero-order valence-corrected chi connectivity index (χ0v) is 8.36. The van der Waals surface area contributed by atoms with Gasteiger partial charge in [-0.2, -0.15) is 0 Å². The SMILES string of the molecule is [2H][C@@H]([15NH]C(=O)OCC(Cl)(Cl)Cl)C(=O)O. The number of hydrogen-bond acceptors (Lipinski definition) is 3. The Kier molecular flexibility index (Phi) is 4.41. The summed E-state index contributed by atoms with van der Waals surface area (Å²) >= 11 is 15.7. The number of alkyl halides is 3.